The minimum Gasteiger partial charge on any atom is -0.376 e. The van der Waals surface area contributed by atoms with E-state index in [-0.39, 0.29) is 6.42 Å². The summed E-state index contributed by atoms with van der Waals surface area (Å²) in [5, 5.41) is 9.64. The van der Waals surface area contributed by atoms with Gasteiger partial charge in [-0.25, -0.2) is 0 Å². The first-order valence-corrected chi connectivity index (χ1v) is 7.34. The maximum Gasteiger partial charge on any atom is 0.265 e. The summed E-state index contributed by atoms with van der Waals surface area (Å²) < 4.78 is 29.5. The Morgan fingerprint density at radius 3 is 2.19 bits per heavy atom. The van der Waals surface area contributed by atoms with Gasteiger partial charge in [-0.05, 0) is 12.8 Å². The van der Waals surface area contributed by atoms with Gasteiger partial charge >= 0.3 is 0 Å². The molecule has 0 aliphatic heterocycles. The average Bonchev–Trinajstić information content (AvgIpc) is 2.14. The summed E-state index contributed by atoms with van der Waals surface area (Å²) in [5.74, 6) is -0.491. The van der Waals surface area contributed by atoms with Crippen molar-refractivity contribution in [3.63, 3.8) is 0 Å². The molecule has 0 radical (unpaired) electrons. The van der Waals surface area contributed by atoms with Crippen LogP contribution in [0.3, 0.4) is 0 Å². The molecule has 0 rings (SSSR count). The summed E-state index contributed by atoms with van der Waals surface area (Å²) in [5.41, 5.74) is 4.03. The monoisotopic (exact) mass is 253 g/mol. The highest BCUT2D eigenvalue weighted by atomic mass is 32.2. The molecule has 0 aliphatic carbocycles. The van der Waals surface area contributed by atoms with Crippen molar-refractivity contribution < 1.29 is 18.1 Å². The summed E-state index contributed by atoms with van der Waals surface area (Å²) in [4.78, 5) is 0. The van der Waals surface area contributed by atoms with Gasteiger partial charge < -0.3 is 10.8 Å². The minimum atomic E-state index is -4.04. The van der Waals surface area contributed by atoms with E-state index in [1.165, 1.54) is 0 Å². The molecule has 0 saturated heterocycles. The molecule has 0 amide bonds. The van der Waals surface area contributed by atoms with Gasteiger partial charge in [0.2, 0.25) is 0 Å². The molecule has 0 saturated carbocycles. The third-order valence-corrected chi connectivity index (χ3v) is 3.23. The minimum absolute atomic E-state index is 0.125. The van der Waals surface area contributed by atoms with Crippen LogP contribution < -0.4 is 5.73 Å². The van der Waals surface area contributed by atoms with Crippen molar-refractivity contribution in [2.24, 2.45) is 5.73 Å². The van der Waals surface area contributed by atoms with Crippen molar-refractivity contribution in [1.29, 1.82) is 0 Å². The van der Waals surface area contributed by atoms with Crippen LogP contribution in [0.15, 0.2) is 0 Å². The topological polar surface area (TPSA) is 101 Å². The van der Waals surface area contributed by atoms with Gasteiger partial charge in [-0.15, -0.1) is 0 Å². The predicted octanol–water partition coefficient (Wildman–Crippen LogP) is 1.27. The van der Waals surface area contributed by atoms with Crippen LogP contribution in [0.25, 0.3) is 0 Å². The van der Waals surface area contributed by atoms with Crippen LogP contribution in [0.4, 0.5) is 0 Å². The van der Waals surface area contributed by atoms with Crippen molar-refractivity contribution in [3.05, 3.63) is 0 Å². The molecule has 4 N–H and O–H groups in total. The summed E-state index contributed by atoms with van der Waals surface area (Å²) in [7, 11) is -4.04. The normalized spacial score (nSPS) is 16.0. The van der Waals surface area contributed by atoms with Crippen molar-refractivity contribution in [2.75, 3.05) is 5.75 Å². The molecular formula is C10H23NO4S. The van der Waals surface area contributed by atoms with E-state index >= 15 is 0 Å². The Morgan fingerprint density at radius 2 is 1.69 bits per heavy atom. The Morgan fingerprint density at radius 1 is 1.12 bits per heavy atom. The molecule has 0 spiro atoms. The third-order valence-electron chi connectivity index (χ3n) is 2.51. The van der Waals surface area contributed by atoms with Gasteiger partial charge in [0.15, 0.2) is 0 Å². The zero-order chi connectivity index (χ0) is 12.7. The smallest absolute Gasteiger partial charge is 0.265 e. The van der Waals surface area contributed by atoms with E-state index in [0.717, 1.165) is 32.1 Å². The molecule has 0 aromatic rings. The lowest BCUT2D eigenvalue weighted by Crippen LogP contribution is -2.41. The first-order valence-electron chi connectivity index (χ1n) is 5.73. The standard InChI is InChI=1S/C10H23NO4S/c1-2-3-4-5-6-7-10(11,12)8-9-16(13,14)15/h12H,2-9,11H2,1H3,(H,13,14,15). The van der Waals surface area contributed by atoms with Gasteiger partial charge in [-0.1, -0.05) is 32.6 Å². The fourth-order valence-electron chi connectivity index (χ4n) is 1.47. The Bertz CT molecular complexity index is 275. The van der Waals surface area contributed by atoms with Gasteiger partial charge in [0.05, 0.1) is 5.75 Å². The summed E-state index contributed by atoms with van der Waals surface area (Å²) in [6.07, 6.45) is 5.41. The van der Waals surface area contributed by atoms with E-state index in [1.807, 2.05) is 0 Å². The fourth-order valence-corrected chi connectivity index (χ4v) is 2.08. The maximum atomic E-state index is 10.5. The Kier molecular flexibility index (Phi) is 7.14. The zero-order valence-corrected chi connectivity index (χ0v) is 10.7. The number of hydrogen-bond donors (Lipinski definition) is 3. The molecule has 0 fully saturated rings. The first kappa shape index (κ1) is 15.8. The zero-order valence-electron chi connectivity index (χ0n) is 9.85. The van der Waals surface area contributed by atoms with E-state index in [9.17, 15) is 13.5 Å². The van der Waals surface area contributed by atoms with E-state index in [2.05, 4.69) is 6.92 Å². The SMILES string of the molecule is CCCCCCCC(N)(O)CCS(=O)(=O)O. The second-order valence-corrected chi connectivity index (χ2v) is 5.88. The molecular weight excluding hydrogens is 230 g/mol. The Labute approximate surface area is 97.8 Å². The summed E-state index contributed by atoms with van der Waals surface area (Å²) in [6, 6.07) is 0. The number of aliphatic hydroxyl groups is 1. The van der Waals surface area contributed by atoms with Crippen LogP contribution in [-0.2, 0) is 10.1 Å². The van der Waals surface area contributed by atoms with E-state index in [4.69, 9.17) is 10.3 Å². The molecule has 16 heavy (non-hydrogen) atoms. The number of hydrogen-bond acceptors (Lipinski definition) is 4. The number of nitrogens with two attached hydrogens (primary N) is 1. The van der Waals surface area contributed by atoms with Gasteiger partial charge in [-0.2, -0.15) is 8.42 Å². The molecule has 0 aromatic heterocycles. The third kappa shape index (κ3) is 10.4. The van der Waals surface area contributed by atoms with E-state index < -0.39 is 21.6 Å². The van der Waals surface area contributed by atoms with Gasteiger partial charge in [0, 0.05) is 6.42 Å². The Balaban J connectivity index is 3.70. The predicted molar refractivity (Wildman–Crippen MR) is 63.5 cm³/mol. The highest BCUT2D eigenvalue weighted by Crippen LogP contribution is 2.15. The van der Waals surface area contributed by atoms with Crippen molar-refractivity contribution in [3.8, 4) is 0 Å². The molecule has 0 heterocycles. The molecule has 98 valence electrons. The van der Waals surface area contributed by atoms with Crippen LogP contribution in [0.1, 0.15) is 51.9 Å². The summed E-state index contributed by atoms with van der Waals surface area (Å²) >= 11 is 0. The quantitative estimate of drug-likeness (QED) is 0.326. The van der Waals surface area contributed by atoms with Crippen LogP contribution in [0.5, 0.6) is 0 Å². The highest BCUT2D eigenvalue weighted by Gasteiger charge is 2.22. The molecule has 1 unspecified atom stereocenters. The van der Waals surface area contributed by atoms with Crippen LogP contribution in [0.2, 0.25) is 0 Å². The molecule has 0 aromatic carbocycles. The molecule has 5 nitrogen and oxygen atoms in total. The van der Waals surface area contributed by atoms with E-state index in [1.54, 1.807) is 0 Å². The summed E-state index contributed by atoms with van der Waals surface area (Å²) in [6.45, 7) is 2.12. The van der Waals surface area contributed by atoms with Crippen molar-refractivity contribution in [2.45, 2.75) is 57.6 Å². The second kappa shape index (κ2) is 7.21. The lowest BCUT2D eigenvalue weighted by atomic mass is 10.0. The van der Waals surface area contributed by atoms with Gasteiger partial charge in [-0.3, -0.25) is 4.55 Å². The first-order chi connectivity index (χ1) is 7.27. The lowest BCUT2D eigenvalue weighted by Gasteiger charge is -2.22. The van der Waals surface area contributed by atoms with Crippen LogP contribution >= 0.6 is 0 Å². The fraction of sp³-hybridized carbons (Fsp3) is 1.00. The molecule has 0 bridgehead atoms. The van der Waals surface area contributed by atoms with Crippen LogP contribution in [0, 0.1) is 0 Å². The van der Waals surface area contributed by atoms with E-state index in [0.29, 0.717) is 6.42 Å². The molecule has 6 heteroatoms. The highest BCUT2D eigenvalue weighted by molar-refractivity contribution is 7.85. The maximum absolute atomic E-state index is 10.5. The molecule has 0 aliphatic rings. The van der Waals surface area contributed by atoms with Gasteiger partial charge in [0.1, 0.15) is 5.72 Å². The Hall–Kier alpha value is -0.170. The second-order valence-electron chi connectivity index (χ2n) is 4.30. The molecule has 1 atom stereocenters. The largest absolute Gasteiger partial charge is 0.376 e. The van der Waals surface area contributed by atoms with Crippen LogP contribution in [-0.4, -0.2) is 29.6 Å². The average molecular weight is 253 g/mol. The number of rotatable bonds is 9. The lowest BCUT2D eigenvalue weighted by molar-refractivity contribution is 0.0318. The van der Waals surface area contributed by atoms with Gasteiger partial charge in [0.25, 0.3) is 10.1 Å². The number of unbranched alkanes of at least 4 members (excludes halogenated alkanes) is 4. The van der Waals surface area contributed by atoms with Crippen molar-refractivity contribution in [1.82, 2.24) is 0 Å². The van der Waals surface area contributed by atoms with Crippen molar-refractivity contribution >= 4 is 10.1 Å².